The van der Waals surface area contributed by atoms with Gasteiger partial charge in [-0.05, 0) is 41.5 Å². The summed E-state index contributed by atoms with van der Waals surface area (Å²) in [6.07, 6.45) is 2.47. The first-order valence-corrected chi connectivity index (χ1v) is 4.58. The third-order valence-electron chi connectivity index (χ3n) is 0.848. The van der Waals surface area contributed by atoms with Crippen molar-refractivity contribution >= 4 is 23.0 Å². The van der Waals surface area contributed by atoms with Gasteiger partial charge in [0, 0.05) is 5.57 Å². The molecule has 0 spiro atoms. The second kappa shape index (κ2) is 23.4. The summed E-state index contributed by atoms with van der Waals surface area (Å²) >= 11 is 0. The van der Waals surface area contributed by atoms with Gasteiger partial charge in [0.1, 0.15) is 0 Å². The number of carbonyl (C=O) groups is 1. The lowest BCUT2D eigenvalue weighted by molar-refractivity contribution is -0.132. The van der Waals surface area contributed by atoms with Crippen molar-refractivity contribution in [2.24, 2.45) is 0 Å². The molecule has 0 aromatic rings. The van der Waals surface area contributed by atoms with Gasteiger partial charge in [-0.3, -0.25) is 0 Å². The van der Waals surface area contributed by atoms with Crippen LogP contribution < -0.4 is 10.6 Å². The van der Waals surface area contributed by atoms with Crippen LogP contribution in [0.4, 0.5) is 0 Å². The predicted octanol–water partition coefficient (Wildman–Crippen LogP) is 1.68. The van der Waals surface area contributed by atoms with E-state index in [9.17, 15) is 4.79 Å². The van der Waals surface area contributed by atoms with Gasteiger partial charge in [-0.2, -0.15) is 0 Å². The van der Waals surface area contributed by atoms with E-state index in [1.807, 2.05) is 35.1 Å². The van der Waals surface area contributed by atoms with Crippen molar-refractivity contribution < 1.29 is 9.90 Å². The first-order valence-electron chi connectivity index (χ1n) is 4.58. The molecule has 4 nitrogen and oxygen atoms in total. The monoisotopic (exact) mass is 284 g/mol. The Balaban J connectivity index is -0.0000000733. The van der Waals surface area contributed by atoms with E-state index in [1.54, 1.807) is 13.0 Å². The molecule has 0 bridgehead atoms. The molecule has 94 valence electrons. The van der Waals surface area contributed by atoms with Crippen LogP contribution in [0.5, 0.6) is 0 Å². The first-order chi connectivity index (χ1) is 6.51. The summed E-state index contributed by atoms with van der Waals surface area (Å²) in [4.78, 5) is 10.0. The lowest BCUT2D eigenvalue weighted by Gasteiger charge is -1.87. The molecule has 0 unspecified atom stereocenters. The largest absolute Gasteiger partial charge is 0.478 e. The van der Waals surface area contributed by atoms with Crippen LogP contribution in [0, 0.1) is 0 Å². The van der Waals surface area contributed by atoms with E-state index < -0.39 is 5.97 Å². The molecule has 0 saturated heterocycles. The van der Waals surface area contributed by atoms with E-state index >= 15 is 0 Å². The Labute approximate surface area is 104 Å². The van der Waals surface area contributed by atoms with Crippen molar-refractivity contribution in [2.75, 3.05) is 28.2 Å². The van der Waals surface area contributed by atoms with Gasteiger partial charge in [-0.15, -0.1) is 17.0 Å². The van der Waals surface area contributed by atoms with Gasteiger partial charge < -0.3 is 15.7 Å². The highest BCUT2D eigenvalue weighted by Crippen LogP contribution is 1.92. The quantitative estimate of drug-likeness (QED) is 0.676. The maximum atomic E-state index is 10.0. The minimum atomic E-state index is -0.827. The van der Waals surface area contributed by atoms with Crippen molar-refractivity contribution in [3.05, 3.63) is 11.6 Å². The summed E-state index contributed by atoms with van der Waals surface area (Å²) in [5, 5.41) is 13.7. The summed E-state index contributed by atoms with van der Waals surface area (Å²) in [7, 11) is 7.50. The molecule has 0 aromatic heterocycles. The topological polar surface area (TPSA) is 61.4 Å². The van der Waals surface area contributed by atoms with Crippen LogP contribution in [0.15, 0.2) is 11.6 Å². The fourth-order valence-corrected chi connectivity index (χ4v) is 0.393. The van der Waals surface area contributed by atoms with Gasteiger partial charge in [0.25, 0.3) is 0 Å². The number of halogens is 1. The van der Waals surface area contributed by atoms with Crippen molar-refractivity contribution in [1.29, 1.82) is 0 Å². The summed E-state index contributed by atoms with van der Waals surface area (Å²) in [5.41, 5.74) is 0.424. The number of aliphatic carboxylic acids is 1. The molecule has 0 aromatic carbocycles. The molecule has 0 amide bonds. The van der Waals surface area contributed by atoms with Gasteiger partial charge in [-0.1, -0.05) is 13.0 Å². The third kappa shape index (κ3) is 42.0. The second-order valence-corrected chi connectivity index (χ2v) is 2.60. The molecule has 0 rings (SSSR count). The molecular weight excluding hydrogens is 260 g/mol. The van der Waals surface area contributed by atoms with E-state index in [1.165, 1.54) is 0 Å². The molecule has 15 heavy (non-hydrogen) atoms. The molecule has 0 fully saturated rings. The van der Waals surface area contributed by atoms with Crippen molar-refractivity contribution in [1.82, 2.24) is 10.6 Å². The Morgan fingerprint density at radius 2 is 1.47 bits per heavy atom. The van der Waals surface area contributed by atoms with Crippen LogP contribution in [0.3, 0.4) is 0 Å². The number of allylic oxidation sites excluding steroid dienone is 1. The SMILES string of the molecule is Br.CCC=C(C)C(=O)O.CNC.CNC. The van der Waals surface area contributed by atoms with Crippen molar-refractivity contribution in [2.45, 2.75) is 20.3 Å². The number of hydrogen-bond donors (Lipinski definition) is 3. The lowest BCUT2D eigenvalue weighted by atomic mass is 10.2. The first kappa shape index (κ1) is 24.0. The zero-order chi connectivity index (χ0) is 12.0. The van der Waals surface area contributed by atoms with Gasteiger partial charge >= 0.3 is 5.97 Å². The molecule has 0 aliphatic carbocycles. The van der Waals surface area contributed by atoms with Crippen LogP contribution in [0.25, 0.3) is 0 Å². The fourth-order valence-electron chi connectivity index (χ4n) is 0.393. The molecule has 3 N–H and O–H groups in total. The van der Waals surface area contributed by atoms with E-state index in [0.717, 1.165) is 6.42 Å². The molecule has 0 atom stereocenters. The number of hydrogen-bond acceptors (Lipinski definition) is 3. The van der Waals surface area contributed by atoms with Gasteiger partial charge in [0.2, 0.25) is 0 Å². The summed E-state index contributed by atoms with van der Waals surface area (Å²) in [6, 6.07) is 0. The van der Waals surface area contributed by atoms with Crippen LogP contribution in [0.1, 0.15) is 20.3 Å². The Hall–Kier alpha value is -0.390. The van der Waals surface area contributed by atoms with Crippen LogP contribution in [-0.2, 0) is 4.79 Å². The van der Waals surface area contributed by atoms with E-state index in [4.69, 9.17) is 5.11 Å². The maximum absolute atomic E-state index is 10.0. The Kier molecular flexibility index (Phi) is 37.6. The highest BCUT2D eigenvalue weighted by Gasteiger charge is 1.94. The number of carboxylic acid groups (broad SMARTS) is 1. The lowest BCUT2D eigenvalue weighted by Crippen LogP contribution is -1.94. The minimum Gasteiger partial charge on any atom is -0.478 e. The van der Waals surface area contributed by atoms with Crippen LogP contribution in [0.2, 0.25) is 0 Å². The highest BCUT2D eigenvalue weighted by molar-refractivity contribution is 8.93. The Bertz CT molecular complexity index is 148. The Morgan fingerprint density at radius 1 is 1.20 bits per heavy atom. The summed E-state index contributed by atoms with van der Waals surface area (Å²) in [5.74, 6) is -0.827. The summed E-state index contributed by atoms with van der Waals surface area (Å²) in [6.45, 7) is 3.50. The average molecular weight is 285 g/mol. The molecular formula is C10H25BrN2O2. The average Bonchev–Trinajstić information content (AvgIpc) is 2.07. The fraction of sp³-hybridized carbons (Fsp3) is 0.700. The van der Waals surface area contributed by atoms with Crippen LogP contribution >= 0.6 is 17.0 Å². The molecule has 0 radical (unpaired) electrons. The molecule has 0 aliphatic rings. The molecule has 0 saturated carbocycles. The normalized spacial score (nSPS) is 8.53. The highest BCUT2D eigenvalue weighted by atomic mass is 79.9. The standard InChI is InChI=1S/C6H10O2.2C2H7N.BrH/c1-3-4-5(2)6(7)8;2*1-3-2;/h4H,3H2,1-2H3,(H,7,8);2*3H,1-2H3;1H. The smallest absolute Gasteiger partial charge is 0.330 e. The number of rotatable bonds is 2. The third-order valence-corrected chi connectivity index (χ3v) is 0.848. The van der Waals surface area contributed by atoms with Crippen molar-refractivity contribution in [3.63, 3.8) is 0 Å². The van der Waals surface area contributed by atoms with E-state index in [-0.39, 0.29) is 17.0 Å². The van der Waals surface area contributed by atoms with Crippen LogP contribution in [-0.4, -0.2) is 39.3 Å². The van der Waals surface area contributed by atoms with Gasteiger partial charge in [-0.25, -0.2) is 4.79 Å². The molecule has 5 heteroatoms. The number of nitrogens with one attached hydrogen (secondary N) is 2. The minimum absolute atomic E-state index is 0. The molecule has 0 aliphatic heterocycles. The molecule has 0 heterocycles. The van der Waals surface area contributed by atoms with Crippen molar-refractivity contribution in [3.8, 4) is 0 Å². The van der Waals surface area contributed by atoms with Gasteiger partial charge in [0.15, 0.2) is 0 Å². The Morgan fingerprint density at radius 3 is 1.53 bits per heavy atom. The van der Waals surface area contributed by atoms with E-state index in [0.29, 0.717) is 5.57 Å². The van der Waals surface area contributed by atoms with E-state index in [2.05, 4.69) is 10.6 Å². The second-order valence-electron chi connectivity index (χ2n) is 2.60. The maximum Gasteiger partial charge on any atom is 0.330 e. The number of carboxylic acids is 1. The predicted molar refractivity (Wildman–Crippen MR) is 72.0 cm³/mol. The van der Waals surface area contributed by atoms with Gasteiger partial charge in [0.05, 0.1) is 0 Å². The summed E-state index contributed by atoms with van der Waals surface area (Å²) < 4.78 is 0. The zero-order valence-electron chi connectivity index (χ0n) is 10.5. The zero-order valence-corrected chi connectivity index (χ0v) is 12.3.